The summed E-state index contributed by atoms with van der Waals surface area (Å²) in [7, 11) is 3.00. The lowest BCUT2D eigenvalue weighted by Gasteiger charge is -2.17. The fourth-order valence-electron chi connectivity index (χ4n) is 3.38. The van der Waals surface area contributed by atoms with Crippen molar-refractivity contribution >= 4 is 29.2 Å². The maximum Gasteiger partial charge on any atom is 0.311 e. The first kappa shape index (κ1) is 22.1. The number of amides is 2. The number of aryl methyl sites for hydroxylation is 1. The summed E-state index contributed by atoms with van der Waals surface area (Å²) in [6, 6.07) is 12.6. The quantitative estimate of drug-likeness (QED) is 0.653. The zero-order valence-corrected chi connectivity index (χ0v) is 17.8. The lowest BCUT2D eigenvalue weighted by molar-refractivity contribution is -0.151. The lowest BCUT2D eigenvalue weighted by atomic mass is 10.1. The van der Waals surface area contributed by atoms with Gasteiger partial charge in [0.25, 0.3) is 5.91 Å². The third-order valence-corrected chi connectivity index (χ3v) is 5.14. The van der Waals surface area contributed by atoms with Crippen LogP contribution in [0, 0.1) is 5.92 Å². The van der Waals surface area contributed by atoms with E-state index in [1.165, 1.54) is 19.8 Å². The van der Waals surface area contributed by atoms with Gasteiger partial charge in [-0.1, -0.05) is 19.1 Å². The molecule has 0 saturated carbocycles. The monoisotopic (exact) mass is 426 g/mol. The molecule has 1 saturated heterocycles. The van der Waals surface area contributed by atoms with Gasteiger partial charge in [-0.2, -0.15) is 0 Å². The standard InChI is InChI=1S/C23H26N2O6/c1-4-15-5-7-17(8-6-15)25-13-16(11-22(25)27)23(28)31-14-21(26)24-19-12-18(29-2)9-10-20(19)30-3/h5-10,12,16H,4,11,13-14H2,1-3H3,(H,24,26)/t16-/m0/s1. The van der Waals surface area contributed by atoms with Crippen molar-refractivity contribution in [2.75, 3.05) is 37.6 Å². The van der Waals surface area contributed by atoms with Gasteiger partial charge in [0, 0.05) is 24.7 Å². The van der Waals surface area contributed by atoms with Gasteiger partial charge in [0.05, 0.1) is 25.8 Å². The molecular formula is C23H26N2O6. The zero-order chi connectivity index (χ0) is 22.4. The molecule has 0 aliphatic carbocycles. The molecule has 1 atom stereocenters. The summed E-state index contributed by atoms with van der Waals surface area (Å²) in [5, 5.41) is 2.64. The van der Waals surface area contributed by atoms with Crippen LogP contribution in [0.4, 0.5) is 11.4 Å². The van der Waals surface area contributed by atoms with Gasteiger partial charge in [-0.15, -0.1) is 0 Å². The van der Waals surface area contributed by atoms with Crippen molar-refractivity contribution in [3.8, 4) is 11.5 Å². The van der Waals surface area contributed by atoms with E-state index in [2.05, 4.69) is 12.2 Å². The molecule has 0 radical (unpaired) electrons. The van der Waals surface area contributed by atoms with Gasteiger partial charge in [0.15, 0.2) is 6.61 Å². The smallest absolute Gasteiger partial charge is 0.311 e. The number of esters is 1. The molecule has 2 aromatic carbocycles. The minimum Gasteiger partial charge on any atom is -0.497 e. The lowest BCUT2D eigenvalue weighted by Crippen LogP contribution is -2.28. The Morgan fingerprint density at radius 1 is 1.10 bits per heavy atom. The molecule has 1 aliphatic rings. The molecule has 1 heterocycles. The topological polar surface area (TPSA) is 94.2 Å². The normalized spacial score (nSPS) is 15.5. The van der Waals surface area contributed by atoms with Gasteiger partial charge in [-0.25, -0.2) is 0 Å². The Labute approximate surface area is 181 Å². The van der Waals surface area contributed by atoms with Crippen molar-refractivity contribution in [1.82, 2.24) is 0 Å². The fourth-order valence-corrected chi connectivity index (χ4v) is 3.38. The molecule has 0 spiro atoms. The number of methoxy groups -OCH3 is 2. The highest BCUT2D eigenvalue weighted by atomic mass is 16.5. The minimum atomic E-state index is -0.613. The number of benzene rings is 2. The van der Waals surface area contributed by atoms with Crippen LogP contribution in [0.25, 0.3) is 0 Å². The molecule has 0 bridgehead atoms. The van der Waals surface area contributed by atoms with Crippen molar-refractivity contribution < 1.29 is 28.6 Å². The summed E-state index contributed by atoms with van der Waals surface area (Å²) in [4.78, 5) is 38.6. The first-order chi connectivity index (χ1) is 14.9. The van der Waals surface area contributed by atoms with Crippen molar-refractivity contribution in [3.05, 3.63) is 48.0 Å². The van der Waals surface area contributed by atoms with E-state index >= 15 is 0 Å². The van der Waals surface area contributed by atoms with E-state index in [0.29, 0.717) is 17.2 Å². The first-order valence-corrected chi connectivity index (χ1v) is 10.0. The van der Waals surface area contributed by atoms with Gasteiger partial charge < -0.3 is 24.4 Å². The number of hydrogen-bond acceptors (Lipinski definition) is 6. The van der Waals surface area contributed by atoms with E-state index in [1.807, 2.05) is 24.3 Å². The van der Waals surface area contributed by atoms with E-state index in [1.54, 1.807) is 23.1 Å². The molecule has 1 fully saturated rings. The van der Waals surface area contributed by atoms with E-state index in [4.69, 9.17) is 14.2 Å². The van der Waals surface area contributed by atoms with Crippen molar-refractivity contribution in [1.29, 1.82) is 0 Å². The predicted octanol–water partition coefficient (Wildman–Crippen LogP) is 2.80. The summed E-state index contributed by atoms with van der Waals surface area (Å²) >= 11 is 0. The molecule has 2 aromatic rings. The Morgan fingerprint density at radius 3 is 2.48 bits per heavy atom. The van der Waals surface area contributed by atoms with Gasteiger partial charge in [-0.3, -0.25) is 14.4 Å². The third kappa shape index (κ3) is 5.33. The van der Waals surface area contributed by atoms with Crippen molar-refractivity contribution in [2.24, 2.45) is 5.92 Å². The molecule has 0 aromatic heterocycles. The molecule has 2 amide bonds. The fraction of sp³-hybridized carbons (Fsp3) is 0.348. The van der Waals surface area contributed by atoms with Crippen LogP contribution in [0.1, 0.15) is 18.9 Å². The van der Waals surface area contributed by atoms with Gasteiger partial charge in [0.1, 0.15) is 11.5 Å². The maximum absolute atomic E-state index is 12.4. The molecule has 8 nitrogen and oxygen atoms in total. The predicted molar refractivity (Wildman–Crippen MR) is 115 cm³/mol. The van der Waals surface area contributed by atoms with Crippen molar-refractivity contribution in [3.63, 3.8) is 0 Å². The summed E-state index contributed by atoms with van der Waals surface area (Å²) in [5.74, 6) is -0.851. The second-order valence-corrected chi connectivity index (χ2v) is 7.15. The SMILES string of the molecule is CCc1ccc(N2C[C@@H](C(=O)OCC(=O)Nc3cc(OC)ccc3OC)CC2=O)cc1. The Hall–Kier alpha value is -3.55. The molecule has 0 unspecified atom stereocenters. The summed E-state index contributed by atoms with van der Waals surface area (Å²) in [6.45, 7) is 1.83. The highest BCUT2D eigenvalue weighted by Gasteiger charge is 2.36. The van der Waals surface area contributed by atoms with Crippen LogP contribution in [0.3, 0.4) is 0 Å². The van der Waals surface area contributed by atoms with Gasteiger partial charge in [-0.05, 0) is 36.2 Å². The summed E-state index contributed by atoms with van der Waals surface area (Å²) in [6.07, 6.45) is 0.965. The van der Waals surface area contributed by atoms with E-state index in [9.17, 15) is 14.4 Å². The van der Waals surface area contributed by atoms with Crippen molar-refractivity contribution in [2.45, 2.75) is 19.8 Å². The second-order valence-electron chi connectivity index (χ2n) is 7.15. The highest BCUT2D eigenvalue weighted by Crippen LogP contribution is 2.29. The number of anilines is 2. The third-order valence-electron chi connectivity index (χ3n) is 5.14. The van der Waals surface area contributed by atoms with Gasteiger partial charge in [0.2, 0.25) is 5.91 Å². The minimum absolute atomic E-state index is 0.0552. The Bertz CT molecular complexity index is 957. The number of rotatable bonds is 8. The number of carbonyl (C=O) groups excluding carboxylic acids is 3. The van der Waals surface area contributed by atoms with Gasteiger partial charge >= 0.3 is 5.97 Å². The van der Waals surface area contributed by atoms with E-state index in [0.717, 1.165) is 12.1 Å². The molecule has 1 aliphatic heterocycles. The number of hydrogen-bond donors (Lipinski definition) is 1. The van der Waals surface area contributed by atoms with Crippen LogP contribution in [-0.4, -0.2) is 45.2 Å². The zero-order valence-electron chi connectivity index (χ0n) is 17.8. The van der Waals surface area contributed by atoms with Crippen LogP contribution in [0.5, 0.6) is 11.5 Å². The second kappa shape index (κ2) is 9.97. The number of nitrogens with one attached hydrogen (secondary N) is 1. The Balaban J connectivity index is 1.55. The van der Waals surface area contributed by atoms with Crippen LogP contribution in [0.15, 0.2) is 42.5 Å². The molecule has 8 heteroatoms. The van der Waals surface area contributed by atoms with Crippen LogP contribution < -0.4 is 19.7 Å². The average Bonchev–Trinajstić information content (AvgIpc) is 3.19. The summed E-state index contributed by atoms with van der Waals surface area (Å²) < 4.78 is 15.5. The first-order valence-electron chi connectivity index (χ1n) is 10.0. The summed E-state index contributed by atoms with van der Waals surface area (Å²) in [5.41, 5.74) is 2.33. The average molecular weight is 426 g/mol. The molecule has 3 rings (SSSR count). The number of ether oxygens (including phenoxy) is 3. The number of carbonyl (C=O) groups is 3. The van der Waals surface area contributed by atoms with E-state index < -0.39 is 24.4 Å². The Morgan fingerprint density at radius 2 is 1.84 bits per heavy atom. The van der Waals surface area contributed by atoms with Crippen LogP contribution in [-0.2, 0) is 25.5 Å². The van der Waals surface area contributed by atoms with E-state index in [-0.39, 0.29) is 18.9 Å². The molecule has 1 N–H and O–H groups in total. The van der Waals surface area contributed by atoms with Crippen LogP contribution >= 0.6 is 0 Å². The molecule has 31 heavy (non-hydrogen) atoms. The Kier molecular flexibility index (Phi) is 7.12. The highest BCUT2D eigenvalue weighted by molar-refractivity contribution is 6.00. The largest absolute Gasteiger partial charge is 0.497 e. The molecule has 164 valence electrons. The van der Waals surface area contributed by atoms with Crippen LogP contribution in [0.2, 0.25) is 0 Å². The number of nitrogens with zero attached hydrogens (tertiary/aromatic N) is 1. The molecular weight excluding hydrogens is 400 g/mol. The maximum atomic E-state index is 12.4.